The number of likely N-dealkylation sites (tertiary alicyclic amines) is 1. The zero-order valence-electron chi connectivity index (χ0n) is 17.0. The van der Waals surface area contributed by atoms with E-state index in [9.17, 15) is 15.3 Å². The summed E-state index contributed by atoms with van der Waals surface area (Å²) >= 11 is 6.09. The molecule has 0 bridgehead atoms. The van der Waals surface area contributed by atoms with Crippen LogP contribution in [0.1, 0.15) is 30.6 Å². The Bertz CT molecular complexity index is 766. The third-order valence-corrected chi connectivity index (χ3v) is 7.22. The molecule has 0 radical (unpaired) electrons. The fourth-order valence-electron chi connectivity index (χ4n) is 5.04. The number of ether oxygens (including phenoxy) is 1. The molecule has 4 rings (SSSR count). The molecule has 9 heteroatoms. The molecule has 162 valence electrons. The van der Waals surface area contributed by atoms with Crippen LogP contribution in [0.2, 0.25) is 5.02 Å². The Morgan fingerprint density at radius 1 is 1.41 bits per heavy atom. The Morgan fingerprint density at radius 3 is 2.83 bits per heavy atom. The summed E-state index contributed by atoms with van der Waals surface area (Å²) in [5.41, 5.74) is 6.03. The van der Waals surface area contributed by atoms with E-state index in [1.54, 1.807) is 18.2 Å². The molecule has 0 amide bonds. The van der Waals surface area contributed by atoms with Crippen molar-refractivity contribution in [2.45, 2.75) is 62.7 Å². The molecule has 0 aromatic heterocycles. The van der Waals surface area contributed by atoms with E-state index in [1.165, 1.54) is 6.92 Å². The van der Waals surface area contributed by atoms with Gasteiger partial charge in [-0.2, -0.15) is 0 Å². The first-order valence-corrected chi connectivity index (χ1v) is 10.5. The minimum Gasteiger partial charge on any atom is -0.386 e. The van der Waals surface area contributed by atoms with Crippen LogP contribution in [0.3, 0.4) is 0 Å². The number of aryl methyl sites for hydroxylation is 1. The number of nitrogens with two attached hydrogens (primary N) is 1. The van der Waals surface area contributed by atoms with Gasteiger partial charge in [-0.3, -0.25) is 15.1 Å². The van der Waals surface area contributed by atoms with Crippen molar-refractivity contribution < 1.29 is 20.1 Å². The van der Waals surface area contributed by atoms with Gasteiger partial charge in [-0.05, 0) is 44.5 Å². The molecule has 3 fully saturated rings. The van der Waals surface area contributed by atoms with Crippen LogP contribution in [0.15, 0.2) is 18.2 Å². The number of hydrogen-bond acceptors (Lipinski definition) is 8. The van der Waals surface area contributed by atoms with Crippen molar-refractivity contribution in [2.24, 2.45) is 11.7 Å². The maximum absolute atomic E-state index is 11.1. The second-order valence-electron chi connectivity index (χ2n) is 8.82. The summed E-state index contributed by atoms with van der Waals surface area (Å²) in [6.07, 6.45) is -3.26. The van der Waals surface area contributed by atoms with Crippen LogP contribution in [0.4, 0.5) is 0 Å². The highest BCUT2D eigenvalue weighted by atomic mass is 35.5. The maximum Gasteiger partial charge on any atom is 0.141 e. The van der Waals surface area contributed by atoms with Crippen LogP contribution in [0.5, 0.6) is 0 Å². The van der Waals surface area contributed by atoms with Crippen molar-refractivity contribution in [1.29, 1.82) is 0 Å². The van der Waals surface area contributed by atoms with Crippen molar-refractivity contribution in [3.05, 3.63) is 34.3 Å². The van der Waals surface area contributed by atoms with Gasteiger partial charge < -0.3 is 25.8 Å². The van der Waals surface area contributed by atoms with Crippen LogP contribution in [0.25, 0.3) is 0 Å². The van der Waals surface area contributed by atoms with Crippen molar-refractivity contribution in [2.75, 3.05) is 20.3 Å². The van der Waals surface area contributed by atoms with Crippen LogP contribution >= 0.6 is 11.6 Å². The van der Waals surface area contributed by atoms with E-state index in [1.807, 2.05) is 14.0 Å². The number of nitrogens with one attached hydrogen (secondary N) is 1. The number of fused-ring (bicyclic) bond motifs is 1. The number of aliphatic hydroxyl groups is 3. The summed E-state index contributed by atoms with van der Waals surface area (Å²) < 4.78 is 6.15. The number of halogens is 1. The lowest BCUT2D eigenvalue weighted by Crippen LogP contribution is -2.65. The second-order valence-corrected chi connectivity index (χ2v) is 9.23. The van der Waals surface area contributed by atoms with Gasteiger partial charge in [-0.1, -0.05) is 23.7 Å². The minimum absolute atomic E-state index is 0.00429. The molecule has 29 heavy (non-hydrogen) atoms. The van der Waals surface area contributed by atoms with Gasteiger partial charge in [0, 0.05) is 17.5 Å². The standard InChI is InChI=1S/C20H31ClN4O4/c1-10-8-11(4-5-13(10)21)14(26)16-20(2,28)15(27)19(29-16)25-7-6-12-17(22)23-9-24(3)18(12)25/h4-5,8,12,14-19,23,26-28H,6-7,9,22H2,1-3H3/t12?,14-,15+,16-,17?,18?,19-,20+/m1/s1. The number of benzene rings is 1. The first-order chi connectivity index (χ1) is 13.6. The summed E-state index contributed by atoms with van der Waals surface area (Å²) in [5, 5.41) is 36.9. The predicted octanol–water partition coefficient (Wildman–Crippen LogP) is -0.0561. The van der Waals surface area contributed by atoms with E-state index in [-0.39, 0.29) is 18.2 Å². The van der Waals surface area contributed by atoms with E-state index >= 15 is 0 Å². The Balaban J connectivity index is 1.59. The average Bonchev–Trinajstić information content (AvgIpc) is 3.21. The summed E-state index contributed by atoms with van der Waals surface area (Å²) in [5.74, 6) is 0.192. The molecule has 3 saturated heterocycles. The summed E-state index contributed by atoms with van der Waals surface area (Å²) in [6.45, 7) is 4.69. The molecule has 0 aliphatic carbocycles. The number of nitrogens with zero attached hydrogens (tertiary/aromatic N) is 2. The molecular weight excluding hydrogens is 396 g/mol. The van der Waals surface area contributed by atoms with Gasteiger partial charge in [0.2, 0.25) is 0 Å². The molecule has 6 N–H and O–H groups in total. The topological polar surface area (TPSA) is 114 Å². The smallest absolute Gasteiger partial charge is 0.141 e. The van der Waals surface area contributed by atoms with E-state index in [0.29, 0.717) is 23.8 Å². The van der Waals surface area contributed by atoms with E-state index < -0.39 is 30.1 Å². The fourth-order valence-corrected chi connectivity index (χ4v) is 5.16. The van der Waals surface area contributed by atoms with Gasteiger partial charge in [-0.15, -0.1) is 0 Å². The SMILES string of the molecule is Cc1cc([C@@H](O)[C@H]2O[C@@H](N3CCC4C(N)NCN(C)C43)[C@H](O)[C@]2(C)O)ccc1Cl. The summed E-state index contributed by atoms with van der Waals surface area (Å²) in [7, 11) is 2.00. The van der Waals surface area contributed by atoms with Crippen molar-refractivity contribution in [3.8, 4) is 0 Å². The molecule has 1 aromatic carbocycles. The molecule has 1 aromatic rings. The third-order valence-electron chi connectivity index (χ3n) is 6.80. The van der Waals surface area contributed by atoms with E-state index in [0.717, 1.165) is 12.0 Å². The Hall–Kier alpha value is -0.810. The molecule has 0 spiro atoms. The zero-order valence-corrected chi connectivity index (χ0v) is 17.8. The number of rotatable bonds is 3. The van der Waals surface area contributed by atoms with Gasteiger partial charge in [0.25, 0.3) is 0 Å². The highest BCUT2D eigenvalue weighted by molar-refractivity contribution is 6.31. The molecule has 3 aliphatic heterocycles. The van der Waals surface area contributed by atoms with Crippen LogP contribution < -0.4 is 11.1 Å². The lowest BCUT2D eigenvalue weighted by molar-refractivity contribution is -0.147. The monoisotopic (exact) mass is 426 g/mol. The lowest BCUT2D eigenvalue weighted by atomic mass is 9.88. The fraction of sp³-hybridized carbons (Fsp3) is 0.700. The quantitative estimate of drug-likeness (QED) is 0.457. The largest absolute Gasteiger partial charge is 0.386 e. The molecule has 8 atom stereocenters. The van der Waals surface area contributed by atoms with E-state index in [2.05, 4.69) is 15.1 Å². The zero-order chi connectivity index (χ0) is 21.1. The average molecular weight is 427 g/mol. The lowest BCUT2D eigenvalue weighted by Gasteiger charge is -2.44. The van der Waals surface area contributed by atoms with Gasteiger partial charge in [0.1, 0.15) is 30.1 Å². The van der Waals surface area contributed by atoms with Crippen LogP contribution in [-0.2, 0) is 4.74 Å². The van der Waals surface area contributed by atoms with E-state index in [4.69, 9.17) is 22.1 Å². The Labute approximate surface area is 176 Å². The maximum atomic E-state index is 11.1. The number of hydrogen-bond donors (Lipinski definition) is 5. The summed E-state index contributed by atoms with van der Waals surface area (Å²) in [6, 6.07) is 5.20. The van der Waals surface area contributed by atoms with Crippen molar-refractivity contribution in [1.82, 2.24) is 15.1 Å². The normalized spacial score (nSPS) is 42.2. The van der Waals surface area contributed by atoms with Gasteiger partial charge in [-0.25, -0.2) is 0 Å². The molecule has 0 saturated carbocycles. The Morgan fingerprint density at radius 2 is 2.14 bits per heavy atom. The van der Waals surface area contributed by atoms with Gasteiger partial charge >= 0.3 is 0 Å². The second kappa shape index (κ2) is 7.71. The first-order valence-electron chi connectivity index (χ1n) is 10.1. The molecule has 3 heterocycles. The molecule has 8 nitrogen and oxygen atoms in total. The third kappa shape index (κ3) is 3.50. The van der Waals surface area contributed by atoms with Gasteiger partial charge in [0.05, 0.1) is 19.0 Å². The highest BCUT2D eigenvalue weighted by Gasteiger charge is 2.59. The predicted molar refractivity (Wildman–Crippen MR) is 109 cm³/mol. The van der Waals surface area contributed by atoms with Crippen molar-refractivity contribution in [3.63, 3.8) is 0 Å². The minimum atomic E-state index is -1.62. The van der Waals surface area contributed by atoms with Gasteiger partial charge in [0.15, 0.2) is 0 Å². The highest BCUT2D eigenvalue weighted by Crippen LogP contribution is 2.43. The van der Waals surface area contributed by atoms with Crippen LogP contribution in [0, 0.1) is 12.8 Å². The molecule has 3 aliphatic rings. The molecular formula is C20H31ClN4O4. The van der Waals surface area contributed by atoms with Crippen LogP contribution in [-0.4, -0.2) is 81.7 Å². The first kappa shape index (κ1) is 21.4. The Kier molecular flexibility index (Phi) is 5.69. The number of aliphatic hydroxyl groups excluding tert-OH is 2. The molecule has 3 unspecified atom stereocenters. The summed E-state index contributed by atoms with van der Waals surface area (Å²) in [4.78, 5) is 4.20. The van der Waals surface area contributed by atoms with Crippen molar-refractivity contribution >= 4 is 11.6 Å².